The molecule has 0 saturated heterocycles. The van der Waals surface area contributed by atoms with E-state index in [0.717, 1.165) is 5.56 Å². The summed E-state index contributed by atoms with van der Waals surface area (Å²) < 4.78 is 5.41. The monoisotopic (exact) mass is 411 g/mol. The molecule has 0 atom stereocenters. The number of halogens is 1. The lowest BCUT2D eigenvalue weighted by Crippen LogP contribution is -2.34. The molecule has 7 heteroatoms. The second-order valence-corrected chi connectivity index (χ2v) is 7.00. The third-order valence-electron chi connectivity index (χ3n) is 3.74. The Kier molecular flexibility index (Phi) is 8.26. The summed E-state index contributed by atoms with van der Waals surface area (Å²) in [4.78, 5) is 23.9. The van der Waals surface area contributed by atoms with Gasteiger partial charge in [0.2, 0.25) is 0 Å². The van der Waals surface area contributed by atoms with E-state index in [1.807, 2.05) is 19.9 Å². The molecule has 0 fully saturated rings. The van der Waals surface area contributed by atoms with Gasteiger partial charge in [0, 0.05) is 17.6 Å². The molecule has 2 amide bonds. The average Bonchev–Trinajstić information content (AvgIpc) is 2.70. The predicted molar refractivity (Wildman–Crippen MR) is 112 cm³/mol. The van der Waals surface area contributed by atoms with Crippen LogP contribution in [0.2, 0.25) is 5.02 Å². The van der Waals surface area contributed by atoms with Gasteiger partial charge in [0.25, 0.3) is 11.8 Å². The van der Waals surface area contributed by atoms with E-state index in [4.69, 9.17) is 16.3 Å². The van der Waals surface area contributed by atoms with Gasteiger partial charge in [-0.2, -0.15) is 5.26 Å². The van der Waals surface area contributed by atoms with Gasteiger partial charge >= 0.3 is 0 Å². The summed E-state index contributed by atoms with van der Waals surface area (Å²) in [6, 6.07) is 15.8. The van der Waals surface area contributed by atoms with Crippen molar-refractivity contribution in [1.29, 1.82) is 5.26 Å². The van der Waals surface area contributed by atoms with Crippen molar-refractivity contribution in [1.82, 2.24) is 10.6 Å². The van der Waals surface area contributed by atoms with Crippen LogP contribution in [0, 0.1) is 11.3 Å². The van der Waals surface area contributed by atoms with Gasteiger partial charge in [-0.15, -0.1) is 0 Å². The van der Waals surface area contributed by atoms with Crippen LogP contribution in [0.15, 0.2) is 54.1 Å². The van der Waals surface area contributed by atoms with Crippen LogP contribution in [0.5, 0.6) is 5.75 Å². The Morgan fingerprint density at radius 2 is 1.79 bits per heavy atom. The lowest BCUT2D eigenvalue weighted by Gasteiger charge is -2.09. The number of nitrogens with zero attached hydrogens (tertiary/aromatic N) is 1. The second kappa shape index (κ2) is 10.9. The van der Waals surface area contributed by atoms with E-state index in [1.54, 1.807) is 48.5 Å². The minimum atomic E-state index is -0.465. The number of carbonyl (C=O) groups excluding carboxylic acids is 2. The molecule has 6 nitrogen and oxygen atoms in total. The number of carbonyl (C=O) groups is 2. The van der Waals surface area contributed by atoms with Crippen molar-refractivity contribution in [2.24, 2.45) is 0 Å². The quantitative estimate of drug-likeness (QED) is 0.514. The molecule has 0 heterocycles. The fourth-order valence-electron chi connectivity index (χ4n) is 2.37. The Morgan fingerprint density at radius 3 is 2.38 bits per heavy atom. The van der Waals surface area contributed by atoms with Crippen LogP contribution in [0.25, 0.3) is 6.08 Å². The molecule has 0 unspecified atom stereocenters. The SMILES string of the molecule is CC(C)NC(=O)COc1ccc(/C=C(\C#N)C(=O)NCc2ccc(Cl)cc2)cc1. The molecule has 2 aromatic rings. The van der Waals surface area contributed by atoms with Crippen molar-refractivity contribution in [3.63, 3.8) is 0 Å². The van der Waals surface area contributed by atoms with Gasteiger partial charge in [0.15, 0.2) is 6.61 Å². The number of nitrogens with one attached hydrogen (secondary N) is 2. The Morgan fingerprint density at radius 1 is 1.14 bits per heavy atom. The van der Waals surface area contributed by atoms with Crippen LogP contribution in [0.1, 0.15) is 25.0 Å². The number of nitriles is 1. The lowest BCUT2D eigenvalue weighted by molar-refractivity contribution is -0.123. The largest absolute Gasteiger partial charge is 0.484 e. The fraction of sp³-hybridized carbons (Fsp3) is 0.227. The van der Waals surface area contributed by atoms with Crippen LogP contribution in [0.3, 0.4) is 0 Å². The maximum atomic E-state index is 12.3. The van der Waals surface area contributed by atoms with Crippen molar-refractivity contribution in [3.05, 3.63) is 70.3 Å². The molecule has 0 spiro atoms. The number of hydrogen-bond donors (Lipinski definition) is 2. The maximum Gasteiger partial charge on any atom is 0.262 e. The van der Waals surface area contributed by atoms with Crippen molar-refractivity contribution in [2.75, 3.05) is 6.61 Å². The summed E-state index contributed by atoms with van der Waals surface area (Å²) >= 11 is 5.84. The van der Waals surface area contributed by atoms with E-state index in [9.17, 15) is 14.9 Å². The van der Waals surface area contributed by atoms with E-state index in [-0.39, 0.29) is 24.1 Å². The Labute approximate surface area is 175 Å². The van der Waals surface area contributed by atoms with Gasteiger partial charge in [-0.25, -0.2) is 0 Å². The molecule has 150 valence electrons. The van der Waals surface area contributed by atoms with E-state index in [2.05, 4.69) is 10.6 Å². The third kappa shape index (κ3) is 7.68. The zero-order chi connectivity index (χ0) is 21.2. The summed E-state index contributed by atoms with van der Waals surface area (Å²) in [7, 11) is 0. The summed E-state index contributed by atoms with van der Waals surface area (Å²) in [6.07, 6.45) is 1.49. The molecule has 0 aliphatic carbocycles. The van der Waals surface area contributed by atoms with Crippen molar-refractivity contribution < 1.29 is 14.3 Å². The van der Waals surface area contributed by atoms with Gasteiger partial charge < -0.3 is 15.4 Å². The van der Waals surface area contributed by atoms with E-state index < -0.39 is 5.91 Å². The second-order valence-electron chi connectivity index (χ2n) is 6.56. The zero-order valence-corrected chi connectivity index (χ0v) is 17.0. The van der Waals surface area contributed by atoms with Crippen molar-refractivity contribution in [2.45, 2.75) is 26.4 Å². The smallest absolute Gasteiger partial charge is 0.262 e. The number of amides is 2. The normalized spacial score (nSPS) is 10.9. The Bertz CT molecular complexity index is 914. The van der Waals surface area contributed by atoms with Crippen molar-refractivity contribution in [3.8, 4) is 11.8 Å². The van der Waals surface area contributed by atoms with Gasteiger partial charge in [-0.3, -0.25) is 9.59 Å². The van der Waals surface area contributed by atoms with Crippen molar-refractivity contribution >= 4 is 29.5 Å². The molecular formula is C22H22ClN3O3. The molecule has 0 aliphatic rings. The molecule has 0 aromatic heterocycles. The highest BCUT2D eigenvalue weighted by Crippen LogP contribution is 2.15. The maximum absolute atomic E-state index is 12.3. The van der Waals surface area contributed by atoms with Crippen LogP contribution >= 0.6 is 11.6 Å². The molecule has 0 bridgehead atoms. The predicted octanol–water partition coefficient (Wildman–Crippen LogP) is 3.47. The summed E-state index contributed by atoms with van der Waals surface area (Å²) in [6.45, 7) is 3.96. The molecule has 0 radical (unpaired) electrons. The molecular weight excluding hydrogens is 390 g/mol. The minimum absolute atomic E-state index is 0.0102. The zero-order valence-electron chi connectivity index (χ0n) is 16.2. The number of benzene rings is 2. The molecule has 2 N–H and O–H groups in total. The van der Waals surface area contributed by atoms with Crippen LogP contribution in [-0.4, -0.2) is 24.5 Å². The molecule has 29 heavy (non-hydrogen) atoms. The third-order valence-corrected chi connectivity index (χ3v) is 3.99. The van der Waals surface area contributed by atoms with Crippen LogP contribution < -0.4 is 15.4 Å². The summed E-state index contributed by atoms with van der Waals surface area (Å²) in [5.41, 5.74) is 1.54. The van der Waals surface area contributed by atoms with E-state index >= 15 is 0 Å². The van der Waals surface area contributed by atoms with Gasteiger partial charge in [0.05, 0.1) is 0 Å². The van der Waals surface area contributed by atoms with E-state index in [0.29, 0.717) is 22.9 Å². The first-order chi connectivity index (χ1) is 13.9. The van der Waals surface area contributed by atoms with Gasteiger partial charge in [0.1, 0.15) is 17.4 Å². The lowest BCUT2D eigenvalue weighted by atomic mass is 10.1. The number of ether oxygens (including phenoxy) is 1. The summed E-state index contributed by atoms with van der Waals surface area (Å²) in [5.74, 6) is -0.145. The fourth-order valence-corrected chi connectivity index (χ4v) is 2.49. The molecule has 2 aromatic carbocycles. The first-order valence-electron chi connectivity index (χ1n) is 9.04. The van der Waals surface area contributed by atoms with Crippen LogP contribution in [0.4, 0.5) is 0 Å². The molecule has 0 saturated carbocycles. The standard InChI is InChI=1S/C22H22ClN3O3/c1-15(2)26-21(27)14-29-20-9-5-16(6-10-20)11-18(12-24)22(28)25-13-17-3-7-19(23)8-4-17/h3-11,15H,13-14H2,1-2H3,(H,25,28)(H,26,27)/b18-11+. The number of hydrogen-bond acceptors (Lipinski definition) is 4. The van der Waals surface area contributed by atoms with Gasteiger partial charge in [-0.05, 0) is 55.3 Å². The highest BCUT2D eigenvalue weighted by atomic mass is 35.5. The summed E-state index contributed by atoms with van der Waals surface area (Å²) in [5, 5.41) is 15.4. The number of rotatable bonds is 8. The van der Waals surface area contributed by atoms with Crippen LogP contribution in [-0.2, 0) is 16.1 Å². The first-order valence-corrected chi connectivity index (χ1v) is 9.42. The minimum Gasteiger partial charge on any atom is -0.484 e. The highest BCUT2D eigenvalue weighted by molar-refractivity contribution is 6.30. The molecule has 0 aliphatic heterocycles. The molecule has 2 rings (SSSR count). The first kappa shape index (κ1) is 22.0. The van der Waals surface area contributed by atoms with Gasteiger partial charge in [-0.1, -0.05) is 35.9 Å². The average molecular weight is 412 g/mol. The Balaban J connectivity index is 1.93. The highest BCUT2D eigenvalue weighted by Gasteiger charge is 2.09. The topological polar surface area (TPSA) is 91.2 Å². The Hall–Kier alpha value is -3.30. The van der Waals surface area contributed by atoms with E-state index in [1.165, 1.54) is 6.08 Å².